The van der Waals surface area contributed by atoms with Gasteiger partial charge in [-0.3, -0.25) is 19.4 Å². The highest BCUT2D eigenvalue weighted by Crippen LogP contribution is 2.19. The molecule has 0 saturated carbocycles. The monoisotopic (exact) mass is 635 g/mol. The maximum absolute atomic E-state index is 13.8. The molecule has 0 saturated heterocycles. The van der Waals surface area contributed by atoms with Crippen LogP contribution in [0.2, 0.25) is 0 Å². The van der Waals surface area contributed by atoms with Gasteiger partial charge in [-0.05, 0) is 62.3 Å². The number of benzene rings is 2. The molecule has 0 aliphatic heterocycles. The molecule has 0 bridgehead atoms. The van der Waals surface area contributed by atoms with Crippen LogP contribution in [0.1, 0.15) is 43.2 Å². The molecular formula is C32H45N9O5. The lowest BCUT2D eigenvalue weighted by Crippen LogP contribution is -2.57. The summed E-state index contributed by atoms with van der Waals surface area (Å²) in [6, 6.07) is 12.5. The minimum Gasteiger partial charge on any atom is -0.480 e. The number of aliphatic carboxylic acids is 1. The molecule has 46 heavy (non-hydrogen) atoms. The third-order valence-electron chi connectivity index (χ3n) is 7.51. The number of amides is 3. The Morgan fingerprint density at radius 3 is 2.11 bits per heavy atom. The minimum atomic E-state index is -1.23. The van der Waals surface area contributed by atoms with Crippen molar-refractivity contribution in [1.82, 2.24) is 20.9 Å². The van der Waals surface area contributed by atoms with E-state index < -0.39 is 47.9 Å². The molecule has 14 nitrogen and oxygen atoms in total. The summed E-state index contributed by atoms with van der Waals surface area (Å²) in [5.41, 5.74) is 25.1. The highest BCUT2D eigenvalue weighted by atomic mass is 16.4. The van der Waals surface area contributed by atoms with Crippen LogP contribution in [-0.4, -0.2) is 77.0 Å². The van der Waals surface area contributed by atoms with E-state index in [2.05, 4.69) is 25.9 Å². The number of rotatable bonds is 19. The third kappa shape index (κ3) is 11.2. The van der Waals surface area contributed by atoms with Crippen LogP contribution in [0.4, 0.5) is 0 Å². The van der Waals surface area contributed by atoms with Gasteiger partial charge >= 0.3 is 5.97 Å². The van der Waals surface area contributed by atoms with E-state index >= 15 is 0 Å². The van der Waals surface area contributed by atoms with E-state index in [-0.39, 0.29) is 38.2 Å². The van der Waals surface area contributed by atoms with Gasteiger partial charge in [0.2, 0.25) is 17.7 Å². The second-order valence-electron chi connectivity index (χ2n) is 11.1. The third-order valence-corrected chi connectivity index (χ3v) is 7.51. The second-order valence-corrected chi connectivity index (χ2v) is 11.1. The largest absolute Gasteiger partial charge is 0.480 e. The molecule has 4 unspecified atom stereocenters. The van der Waals surface area contributed by atoms with E-state index in [0.29, 0.717) is 25.8 Å². The molecule has 248 valence electrons. The van der Waals surface area contributed by atoms with Gasteiger partial charge < -0.3 is 49.0 Å². The first-order valence-corrected chi connectivity index (χ1v) is 15.3. The number of fused-ring (bicyclic) bond motifs is 1. The Morgan fingerprint density at radius 1 is 0.783 bits per heavy atom. The highest BCUT2D eigenvalue weighted by Gasteiger charge is 2.31. The van der Waals surface area contributed by atoms with Crippen LogP contribution in [0, 0.1) is 0 Å². The van der Waals surface area contributed by atoms with Crippen LogP contribution in [0.25, 0.3) is 10.9 Å². The van der Waals surface area contributed by atoms with Crippen LogP contribution in [-0.2, 0) is 32.0 Å². The maximum Gasteiger partial charge on any atom is 0.326 e. The zero-order chi connectivity index (χ0) is 33.5. The van der Waals surface area contributed by atoms with Crippen molar-refractivity contribution in [2.45, 2.75) is 69.1 Å². The first kappa shape index (κ1) is 35.5. The van der Waals surface area contributed by atoms with Gasteiger partial charge in [0.05, 0.1) is 6.04 Å². The number of guanidine groups is 1. The van der Waals surface area contributed by atoms with Gasteiger partial charge in [0.25, 0.3) is 0 Å². The van der Waals surface area contributed by atoms with Gasteiger partial charge in [-0.1, -0.05) is 48.5 Å². The van der Waals surface area contributed by atoms with Gasteiger partial charge in [0.1, 0.15) is 18.1 Å². The number of aromatic amines is 1. The number of aliphatic imine (C=N–C) groups is 1. The summed E-state index contributed by atoms with van der Waals surface area (Å²) in [6.45, 7) is 0.573. The number of para-hydroxylation sites is 1. The molecule has 2 aromatic carbocycles. The lowest BCUT2D eigenvalue weighted by atomic mass is 10.0. The van der Waals surface area contributed by atoms with E-state index in [0.717, 1.165) is 22.0 Å². The topological polar surface area (TPSA) is 257 Å². The van der Waals surface area contributed by atoms with Gasteiger partial charge in [-0.25, -0.2) is 4.79 Å². The number of nitrogens with zero attached hydrogens (tertiary/aromatic N) is 1. The number of aromatic nitrogens is 1. The quantitative estimate of drug-likeness (QED) is 0.0487. The Hall–Kier alpha value is -4.95. The summed E-state index contributed by atoms with van der Waals surface area (Å²) < 4.78 is 0. The molecule has 3 aromatic rings. The summed E-state index contributed by atoms with van der Waals surface area (Å²) in [4.78, 5) is 59.4. The lowest BCUT2D eigenvalue weighted by molar-refractivity contribution is -0.142. The van der Waals surface area contributed by atoms with Crippen molar-refractivity contribution in [2.75, 3.05) is 13.1 Å². The Kier molecular flexibility index (Phi) is 14.0. The number of hydrogen-bond donors (Lipinski definition) is 9. The first-order valence-electron chi connectivity index (χ1n) is 15.3. The second kappa shape index (κ2) is 18.1. The molecule has 1 aromatic heterocycles. The van der Waals surface area contributed by atoms with Gasteiger partial charge in [0.15, 0.2) is 5.96 Å². The number of nitrogens with one attached hydrogen (secondary N) is 4. The molecule has 0 aliphatic carbocycles. The molecule has 14 heteroatoms. The SMILES string of the molecule is NCCCCC(NC(=O)C(Cc1c[nH]c2ccccc12)NC(=O)C(N)Cc1ccccc1)C(=O)NC(CCCN=C(N)N)C(=O)O. The Bertz CT molecular complexity index is 1470. The van der Waals surface area contributed by atoms with Crippen LogP contribution in [0.15, 0.2) is 65.8 Å². The van der Waals surface area contributed by atoms with E-state index in [4.69, 9.17) is 22.9 Å². The lowest BCUT2D eigenvalue weighted by Gasteiger charge is -2.25. The summed E-state index contributed by atoms with van der Waals surface area (Å²) in [5, 5.41) is 18.7. The number of nitrogens with two attached hydrogens (primary N) is 4. The summed E-state index contributed by atoms with van der Waals surface area (Å²) in [5.74, 6) is -3.16. The predicted molar refractivity (Wildman–Crippen MR) is 176 cm³/mol. The molecular weight excluding hydrogens is 590 g/mol. The van der Waals surface area contributed by atoms with E-state index in [9.17, 15) is 24.3 Å². The van der Waals surface area contributed by atoms with Crippen molar-refractivity contribution in [3.63, 3.8) is 0 Å². The summed E-state index contributed by atoms with van der Waals surface area (Å²) in [6.07, 6.45) is 3.81. The van der Waals surface area contributed by atoms with Crippen molar-refractivity contribution >= 4 is 40.6 Å². The Morgan fingerprint density at radius 2 is 1.41 bits per heavy atom. The van der Waals surface area contributed by atoms with E-state index in [1.807, 2.05) is 54.6 Å². The number of H-pyrrole nitrogens is 1. The fourth-order valence-corrected chi connectivity index (χ4v) is 5.04. The first-order chi connectivity index (χ1) is 22.1. The van der Waals surface area contributed by atoms with Gasteiger partial charge in [0, 0.05) is 30.1 Å². The maximum atomic E-state index is 13.8. The molecule has 3 rings (SSSR count). The van der Waals surface area contributed by atoms with Crippen LogP contribution in [0.3, 0.4) is 0 Å². The Balaban J connectivity index is 1.80. The van der Waals surface area contributed by atoms with Crippen molar-refractivity contribution < 1.29 is 24.3 Å². The number of carboxylic acids is 1. The number of hydrogen-bond acceptors (Lipinski definition) is 7. The number of carboxylic acid groups (broad SMARTS) is 1. The standard InChI is InChI=1S/C32H45N9O5/c33-15-7-6-13-25(29(43)40-26(31(45)46)14-8-16-37-32(35)36)39-30(44)27(18-21-19-38-24-12-5-4-11-22(21)24)41-28(42)23(34)17-20-9-2-1-3-10-20/h1-5,9-12,19,23,25-27,38H,6-8,13-18,33-34H2,(H,39,44)(H,40,43)(H,41,42)(H,45,46)(H4,35,36,37). The average molecular weight is 636 g/mol. The highest BCUT2D eigenvalue weighted by molar-refractivity contribution is 5.95. The minimum absolute atomic E-state index is 0.0693. The molecule has 0 radical (unpaired) electrons. The fraction of sp³-hybridized carbons (Fsp3) is 0.406. The van der Waals surface area contributed by atoms with Crippen molar-refractivity contribution in [2.24, 2.45) is 27.9 Å². The predicted octanol–water partition coefficient (Wildman–Crippen LogP) is 0.00200. The Labute approximate surface area is 267 Å². The molecule has 0 fully saturated rings. The number of carbonyl (C=O) groups excluding carboxylic acids is 3. The summed E-state index contributed by atoms with van der Waals surface area (Å²) in [7, 11) is 0. The molecule has 13 N–H and O–H groups in total. The normalized spacial score (nSPS) is 13.6. The molecule has 3 amide bonds. The van der Waals surface area contributed by atoms with Crippen LogP contribution in [0.5, 0.6) is 0 Å². The van der Waals surface area contributed by atoms with Crippen molar-refractivity contribution in [3.8, 4) is 0 Å². The molecule has 0 spiro atoms. The van der Waals surface area contributed by atoms with Crippen molar-refractivity contribution in [1.29, 1.82) is 0 Å². The van der Waals surface area contributed by atoms with Gasteiger partial charge in [-0.2, -0.15) is 0 Å². The molecule has 1 heterocycles. The van der Waals surface area contributed by atoms with E-state index in [1.165, 1.54) is 0 Å². The van der Waals surface area contributed by atoms with Crippen molar-refractivity contribution in [3.05, 3.63) is 71.9 Å². The fourth-order valence-electron chi connectivity index (χ4n) is 5.04. The van der Waals surface area contributed by atoms with Crippen LogP contribution < -0.4 is 38.9 Å². The zero-order valence-electron chi connectivity index (χ0n) is 25.8. The number of unbranched alkanes of at least 4 members (excludes halogenated alkanes) is 1. The average Bonchev–Trinajstić information content (AvgIpc) is 3.44. The molecule has 4 atom stereocenters. The summed E-state index contributed by atoms with van der Waals surface area (Å²) >= 11 is 0. The zero-order valence-corrected chi connectivity index (χ0v) is 25.8. The molecule has 0 aliphatic rings. The number of carbonyl (C=O) groups is 4. The van der Waals surface area contributed by atoms with Gasteiger partial charge in [-0.15, -0.1) is 0 Å². The van der Waals surface area contributed by atoms with Crippen LogP contribution >= 0.6 is 0 Å². The van der Waals surface area contributed by atoms with E-state index in [1.54, 1.807) is 6.20 Å². The smallest absolute Gasteiger partial charge is 0.326 e.